The molecule has 82 valence electrons. The molecule has 1 aromatic rings. The van der Waals surface area contributed by atoms with E-state index < -0.39 is 5.97 Å². The van der Waals surface area contributed by atoms with Gasteiger partial charge >= 0.3 is 5.97 Å². The van der Waals surface area contributed by atoms with Crippen LogP contribution < -0.4 is 5.32 Å². The van der Waals surface area contributed by atoms with E-state index >= 15 is 0 Å². The van der Waals surface area contributed by atoms with Gasteiger partial charge in [0.2, 0.25) is 5.91 Å². The number of aliphatic carboxylic acids is 1. The Kier molecular flexibility index (Phi) is 4.19. The molecule has 15 heavy (non-hydrogen) atoms. The van der Waals surface area contributed by atoms with Crippen LogP contribution in [0.2, 0.25) is 0 Å². The van der Waals surface area contributed by atoms with E-state index in [2.05, 4.69) is 10.3 Å². The summed E-state index contributed by atoms with van der Waals surface area (Å²) in [5.41, 5.74) is 0.602. The number of amides is 1. The summed E-state index contributed by atoms with van der Waals surface area (Å²) >= 11 is 1.27. The van der Waals surface area contributed by atoms with Crippen molar-refractivity contribution >= 4 is 28.3 Å². The number of rotatable bonds is 5. The molecule has 0 atom stereocenters. The Morgan fingerprint density at radius 1 is 1.67 bits per heavy atom. The molecule has 6 nitrogen and oxygen atoms in total. The second kappa shape index (κ2) is 5.42. The summed E-state index contributed by atoms with van der Waals surface area (Å²) in [6.07, 6.45) is 0. The molecule has 0 aromatic carbocycles. The molecule has 0 bridgehead atoms. The Bertz CT molecular complexity index is 363. The first-order valence-electron chi connectivity index (χ1n) is 4.09. The molecule has 0 radical (unpaired) electrons. The Morgan fingerprint density at radius 2 is 2.40 bits per heavy atom. The number of hydrogen-bond acceptors (Lipinski definition) is 5. The SMILES string of the molecule is CC(=O)Nc1nc(COCC(=O)O)cs1. The zero-order chi connectivity index (χ0) is 11.3. The van der Waals surface area contributed by atoms with Crippen molar-refractivity contribution in [1.29, 1.82) is 0 Å². The lowest BCUT2D eigenvalue weighted by Gasteiger charge is -1.97. The summed E-state index contributed by atoms with van der Waals surface area (Å²) in [5, 5.41) is 13.0. The number of carboxylic acids is 1. The quantitative estimate of drug-likeness (QED) is 0.777. The van der Waals surface area contributed by atoms with Gasteiger partial charge in [0.15, 0.2) is 5.13 Å². The molecule has 0 aliphatic rings. The molecule has 0 fully saturated rings. The molecular weight excluding hydrogens is 220 g/mol. The first-order chi connectivity index (χ1) is 7.08. The molecule has 0 unspecified atom stereocenters. The maximum atomic E-state index is 10.7. The fourth-order valence-corrected chi connectivity index (χ4v) is 1.57. The number of anilines is 1. The van der Waals surface area contributed by atoms with Gasteiger partial charge in [-0.05, 0) is 0 Å². The van der Waals surface area contributed by atoms with Gasteiger partial charge in [-0.3, -0.25) is 4.79 Å². The van der Waals surface area contributed by atoms with Crippen LogP contribution in [0, 0.1) is 0 Å². The van der Waals surface area contributed by atoms with Crippen molar-refractivity contribution in [2.24, 2.45) is 0 Å². The zero-order valence-corrected chi connectivity index (χ0v) is 8.84. The lowest BCUT2D eigenvalue weighted by molar-refractivity contribution is -0.142. The van der Waals surface area contributed by atoms with Crippen molar-refractivity contribution in [2.75, 3.05) is 11.9 Å². The van der Waals surface area contributed by atoms with Crippen LogP contribution >= 0.6 is 11.3 Å². The lowest BCUT2D eigenvalue weighted by Crippen LogP contribution is -2.07. The Balaban J connectivity index is 2.39. The van der Waals surface area contributed by atoms with Crippen molar-refractivity contribution in [2.45, 2.75) is 13.5 Å². The van der Waals surface area contributed by atoms with Gasteiger partial charge in [0.05, 0.1) is 12.3 Å². The number of thiazole rings is 1. The van der Waals surface area contributed by atoms with E-state index in [4.69, 9.17) is 9.84 Å². The van der Waals surface area contributed by atoms with Gasteiger partial charge in [-0.2, -0.15) is 0 Å². The van der Waals surface area contributed by atoms with E-state index in [1.807, 2.05) is 0 Å². The number of carboxylic acid groups (broad SMARTS) is 1. The number of ether oxygens (including phenoxy) is 1. The molecule has 1 aromatic heterocycles. The summed E-state index contributed by atoms with van der Waals surface area (Å²) in [4.78, 5) is 24.8. The third-order valence-electron chi connectivity index (χ3n) is 1.31. The van der Waals surface area contributed by atoms with E-state index in [9.17, 15) is 9.59 Å². The predicted molar refractivity (Wildman–Crippen MR) is 53.7 cm³/mol. The van der Waals surface area contributed by atoms with Crippen LogP contribution in [0.15, 0.2) is 5.38 Å². The smallest absolute Gasteiger partial charge is 0.329 e. The minimum Gasteiger partial charge on any atom is -0.480 e. The number of hydrogen-bond donors (Lipinski definition) is 2. The van der Waals surface area contributed by atoms with Gasteiger partial charge in [0.25, 0.3) is 0 Å². The molecular formula is C8H10N2O4S. The largest absolute Gasteiger partial charge is 0.480 e. The average molecular weight is 230 g/mol. The minimum atomic E-state index is -1.02. The highest BCUT2D eigenvalue weighted by atomic mass is 32.1. The molecule has 7 heteroatoms. The molecule has 2 N–H and O–H groups in total. The molecule has 0 saturated carbocycles. The maximum absolute atomic E-state index is 10.7. The molecule has 0 saturated heterocycles. The number of nitrogens with one attached hydrogen (secondary N) is 1. The third-order valence-corrected chi connectivity index (χ3v) is 2.12. The number of carbonyl (C=O) groups is 2. The minimum absolute atomic E-state index is 0.127. The molecule has 0 aliphatic heterocycles. The fourth-order valence-electron chi connectivity index (χ4n) is 0.824. The monoisotopic (exact) mass is 230 g/mol. The highest BCUT2D eigenvalue weighted by Gasteiger charge is 2.04. The summed E-state index contributed by atoms with van der Waals surface area (Å²) in [6.45, 7) is 1.16. The van der Waals surface area contributed by atoms with Gasteiger partial charge < -0.3 is 15.2 Å². The summed E-state index contributed by atoms with van der Waals surface area (Å²) in [6, 6.07) is 0. The van der Waals surface area contributed by atoms with Gasteiger partial charge in [0.1, 0.15) is 6.61 Å². The highest BCUT2D eigenvalue weighted by Crippen LogP contribution is 2.15. The van der Waals surface area contributed by atoms with E-state index in [-0.39, 0.29) is 19.1 Å². The average Bonchev–Trinajstić information content (AvgIpc) is 2.50. The first-order valence-corrected chi connectivity index (χ1v) is 4.97. The molecule has 1 heterocycles. The Labute approximate surface area is 89.9 Å². The Morgan fingerprint density at radius 3 is 3.00 bits per heavy atom. The van der Waals surface area contributed by atoms with Crippen LogP contribution in [0.3, 0.4) is 0 Å². The van der Waals surface area contributed by atoms with E-state index in [0.717, 1.165) is 0 Å². The van der Waals surface area contributed by atoms with Crippen LogP contribution in [0.25, 0.3) is 0 Å². The van der Waals surface area contributed by atoms with Crippen molar-refractivity contribution in [3.63, 3.8) is 0 Å². The van der Waals surface area contributed by atoms with Gasteiger partial charge in [-0.1, -0.05) is 0 Å². The van der Waals surface area contributed by atoms with E-state index in [1.54, 1.807) is 5.38 Å². The standard InChI is InChI=1S/C8H10N2O4S/c1-5(11)9-8-10-6(4-15-8)2-14-3-7(12)13/h4H,2-3H2,1H3,(H,12,13)(H,9,10,11). The van der Waals surface area contributed by atoms with Crippen LogP contribution in [0.4, 0.5) is 5.13 Å². The van der Waals surface area contributed by atoms with E-state index in [0.29, 0.717) is 10.8 Å². The van der Waals surface area contributed by atoms with Crippen LogP contribution in [0.5, 0.6) is 0 Å². The lowest BCUT2D eigenvalue weighted by atomic mass is 10.5. The van der Waals surface area contributed by atoms with Crippen LogP contribution in [-0.4, -0.2) is 28.6 Å². The number of carbonyl (C=O) groups excluding carboxylic acids is 1. The van der Waals surface area contributed by atoms with Crippen LogP contribution in [0.1, 0.15) is 12.6 Å². The van der Waals surface area contributed by atoms with Gasteiger partial charge in [-0.15, -0.1) is 11.3 Å². The summed E-state index contributed by atoms with van der Waals surface area (Å²) in [7, 11) is 0. The van der Waals surface area contributed by atoms with Crippen molar-refractivity contribution in [3.05, 3.63) is 11.1 Å². The molecule has 0 aliphatic carbocycles. The topological polar surface area (TPSA) is 88.5 Å². The second-order valence-corrected chi connectivity index (χ2v) is 3.57. The predicted octanol–water partition coefficient (Wildman–Crippen LogP) is 0.703. The molecule has 1 amide bonds. The fraction of sp³-hybridized carbons (Fsp3) is 0.375. The highest BCUT2D eigenvalue weighted by molar-refractivity contribution is 7.13. The second-order valence-electron chi connectivity index (χ2n) is 2.71. The van der Waals surface area contributed by atoms with Crippen molar-refractivity contribution < 1.29 is 19.4 Å². The summed E-state index contributed by atoms with van der Waals surface area (Å²) < 4.78 is 4.83. The van der Waals surface area contributed by atoms with Gasteiger partial charge in [0, 0.05) is 12.3 Å². The number of nitrogens with zero attached hydrogens (tertiary/aromatic N) is 1. The zero-order valence-electron chi connectivity index (χ0n) is 8.02. The summed E-state index contributed by atoms with van der Waals surface area (Å²) in [5.74, 6) is -1.21. The normalized spacial score (nSPS) is 9.93. The molecule has 1 rings (SSSR count). The van der Waals surface area contributed by atoms with Crippen molar-refractivity contribution in [3.8, 4) is 0 Å². The number of aromatic nitrogens is 1. The third kappa shape index (κ3) is 4.52. The van der Waals surface area contributed by atoms with Gasteiger partial charge in [-0.25, -0.2) is 9.78 Å². The maximum Gasteiger partial charge on any atom is 0.329 e. The van der Waals surface area contributed by atoms with E-state index in [1.165, 1.54) is 18.3 Å². The van der Waals surface area contributed by atoms with Crippen molar-refractivity contribution in [1.82, 2.24) is 4.98 Å². The Hall–Kier alpha value is -1.47. The first kappa shape index (κ1) is 11.6. The van der Waals surface area contributed by atoms with Crippen LogP contribution in [-0.2, 0) is 20.9 Å². The molecule has 0 spiro atoms.